The van der Waals surface area contributed by atoms with Gasteiger partial charge in [0, 0.05) is 18.8 Å². The van der Waals surface area contributed by atoms with E-state index in [2.05, 4.69) is 12.2 Å². The second kappa shape index (κ2) is 6.77. The lowest BCUT2D eigenvalue weighted by atomic mass is 10.0. The third kappa shape index (κ3) is 3.96. The predicted molar refractivity (Wildman–Crippen MR) is 82.9 cm³/mol. The minimum absolute atomic E-state index is 0.133. The van der Waals surface area contributed by atoms with Gasteiger partial charge in [-0.2, -0.15) is 4.31 Å². The first-order valence-corrected chi connectivity index (χ1v) is 8.87. The van der Waals surface area contributed by atoms with Crippen molar-refractivity contribution in [2.45, 2.75) is 24.7 Å². The van der Waals surface area contributed by atoms with Crippen molar-refractivity contribution in [2.75, 3.05) is 24.3 Å². The Hall–Kier alpha value is -1.11. The molecule has 1 atom stereocenters. The number of alkyl halides is 1. The van der Waals surface area contributed by atoms with Gasteiger partial charge in [-0.25, -0.2) is 8.42 Å². The topological polar surface area (TPSA) is 66.5 Å². The molecule has 1 N–H and O–H groups in total. The molecule has 0 aliphatic carbocycles. The van der Waals surface area contributed by atoms with Gasteiger partial charge in [0.25, 0.3) is 0 Å². The zero-order chi connectivity index (χ0) is 15.5. The van der Waals surface area contributed by atoms with Gasteiger partial charge in [0.1, 0.15) is 5.88 Å². The van der Waals surface area contributed by atoms with Crippen LogP contribution in [-0.4, -0.2) is 37.6 Å². The van der Waals surface area contributed by atoms with Crippen molar-refractivity contribution in [3.05, 3.63) is 24.3 Å². The molecule has 0 aromatic heterocycles. The number of benzene rings is 1. The zero-order valence-electron chi connectivity index (χ0n) is 11.9. The highest BCUT2D eigenvalue weighted by atomic mass is 35.5. The number of carbonyl (C=O) groups is 1. The quantitative estimate of drug-likeness (QED) is 0.861. The van der Waals surface area contributed by atoms with E-state index < -0.39 is 10.0 Å². The van der Waals surface area contributed by atoms with Gasteiger partial charge in [-0.3, -0.25) is 4.79 Å². The van der Waals surface area contributed by atoms with E-state index in [1.165, 1.54) is 16.4 Å². The number of amides is 1. The van der Waals surface area contributed by atoms with Gasteiger partial charge in [-0.05, 0) is 43.0 Å². The summed E-state index contributed by atoms with van der Waals surface area (Å²) < 4.78 is 26.6. The first-order valence-electron chi connectivity index (χ1n) is 6.89. The highest BCUT2D eigenvalue weighted by Crippen LogP contribution is 2.24. The van der Waals surface area contributed by atoms with Gasteiger partial charge in [0.05, 0.1) is 4.90 Å². The molecule has 1 saturated heterocycles. The van der Waals surface area contributed by atoms with Crippen LogP contribution in [0.3, 0.4) is 0 Å². The summed E-state index contributed by atoms with van der Waals surface area (Å²) in [4.78, 5) is 11.4. The molecule has 1 aromatic carbocycles. The van der Waals surface area contributed by atoms with Crippen molar-refractivity contribution in [2.24, 2.45) is 5.92 Å². The Labute approximate surface area is 130 Å². The summed E-state index contributed by atoms with van der Waals surface area (Å²) in [7, 11) is -3.45. The van der Waals surface area contributed by atoms with E-state index in [4.69, 9.17) is 11.6 Å². The van der Waals surface area contributed by atoms with Gasteiger partial charge in [0.2, 0.25) is 15.9 Å². The zero-order valence-corrected chi connectivity index (χ0v) is 13.5. The van der Waals surface area contributed by atoms with Gasteiger partial charge in [0.15, 0.2) is 0 Å². The van der Waals surface area contributed by atoms with E-state index in [1.54, 1.807) is 12.1 Å². The fourth-order valence-electron chi connectivity index (χ4n) is 2.42. The maximum Gasteiger partial charge on any atom is 0.243 e. The van der Waals surface area contributed by atoms with Crippen LogP contribution in [0.25, 0.3) is 0 Å². The van der Waals surface area contributed by atoms with E-state index in [-0.39, 0.29) is 16.7 Å². The molecule has 0 bridgehead atoms. The molecule has 0 spiro atoms. The molecule has 7 heteroatoms. The Morgan fingerprint density at radius 3 is 2.62 bits per heavy atom. The lowest BCUT2D eigenvalue weighted by Gasteiger charge is -2.30. The normalized spacial score (nSPS) is 20.2. The monoisotopic (exact) mass is 330 g/mol. The van der Waals surface area contributed by atoms with E-state index in [0.717, 1.165) is 12.8 Å². The summed E-state index contributed by atoms with van der Waals surface area (Å²) in [5.41, 5.74) is 0.534. The van der Waals surface area contributed by atoms with Crippen LogP contribution in [0.4, 0.5) is 5.69 Å². The molecule has 1 heterocycles. The lowest BCUT2D eigenvalue weighted by molar-refractivity contribution is -0.113. The molecule has 5 nitrogen and oxygen atoms in total. The van der Waals surface area contributed by atoms with Crippen molar-refractivity contribution in [3.8, 4) is 0 Å². The van der Waals surface area contributed by atoms with Crippen LogP contribution in [-0.2, 0) is 14.8 Å². The van der Waals surface area contributed by atoms with Crippen molar-refractivity contribution < 1.29 is 13.2 Å². The minimum Gasteiger partial charge on any atom is -0.325 e. The number of halogens is 1. The highest BCUT2D eigenvalue weighted by Gasteiger charge is 2.28. The molecule has 1 amide bonds. The van der Waals surface area contributed by atoms with Crippen LogP contribution < -0.4 is 5.32 Å². The molecule has 116 valence electrons. The number of nitrogens with zero attached hydrogens (tertiary/aromatic N) is 1. The Morgan fingerprint density at radius 1 is 1.38 bits per heavy atom. The van der Waals surface area contributed by atoms with Gasteiger partial charge in [-0.15, -0.1) is 11.6 Å². The van der Waals surface area contributed by atoms with E-state index >= 15 is 0 Å². The molecule has 0 saturated carbocycles. The van der Waals surface area contributed by atoms with Crippen molar-refractivity contribution in [1.82, 2.24) is 4.31 Å². The molecule has 0 unspecified atom stereocenters. The average molecular weight is 331 g/mol. The Balaban J connectivity index is 2.15. The number of anilines is 1. The fourth-order valence-corrected chi connectivity index (χ4v) is 4.08. The maximum absolute atomic E-state index is 12.5. The van der Waals surface area contributed by atoms with E-state index in [9.17, 15) is 13.2 Å². The number of carbonyl (C=O) groups excluding carboxylic acids is 1. The van der Waals surface area contributed by atoms with Crippen LogP contribution in [0.15, 0.2) is 29.2 Å². The van der Waals surface area contributed by atoms with Crippen molar-refractivity contribution >= 4 is 33.2 Å². The summed E-state index contributed by atoms with van der Waals surface area (Å²) in [6.07, 6.45) is 1.96. The summed E-state index contributed by atoms with van der Waals surface area (Å²) in [5, 5.41) is 2.58. The maximum atomic E-state index is 12.5. The molecule has 2 rings (SSSR count). The highest BCUT2D eigenvalue weighted by molar-refractivity contribution is 7.89. The van der Waals surface area contributed by atoms with Crippen molar-refractivity contribution in [3.63, 3.8) is 0 Å². The second-order valence-corrected chi connectivity index (χ2v) is 7.52. The summed E-state index contributed by atoms with van der Waals surface area (Å²) in [6, 6.07) is 6.17. The molecular formula is C14H19ClN2O3S. The lowest BCUT2D eigenvalue weighted by Crippen LogP contribution is -2.39. The average Bonchev–Trinajstić information content (AvgIpc) is 2.47. The van der Waals surface area contributed by atoms with Crippen LogP contribution in [0.5, 0.6) is 0 Å². The predicted octanol–water partition coefficient (Wildman–Crippen LogP) is 2.28. The largest absolute Gasteiger partial charge is 0.325 e. The van der Waals surface area contributed by atoms with Crippen LogP contribution in [0.2, 0.25) is 0 Å². The fraction of sp³-hybridized carbons (Fsp3) is 0.500. The van der Waals surface area contributed by atoms with Crippen molar-refractivity contribution in [1.29, 1.82) is 0 Å². The smallest absolute Gasteiger partial charge is 0.243 e. The number of sulfonamides is 1. The molecule has 0 radical (unpaired) electrons. The SMILES string of the molecule is C[C@H]1CCCN(S(=O)(=O)c2ccc(NC(=O)CCl)cc2)C1. The van der Waals surface area contributed by atoms with Gasteiger partial charge < -0.3 is 5.32 Å². The van der Waals surface area contributed by atoms with Gasteiger partial charge >= 0.3 is 0 Å². The Kier molecular flexibility index (Phi) is 5.24. The number of piperidine rings is 1. The molecule has 1 aromatic rings. The molecular weight excluding hydrogens is 312 g/mol. The summed E-state index contributed by atoms with van der Waals surface area (Å²) >= 11 is 5.41. The third-order valence-electron chi connectivity index (χ3n) is 3.52. The minimum atomic E-state index is -3.45. The second-order valence-electron chi connectivity index (χ2n) is 5.32. The molecule has 21 heavy (non-hydrogen) atoms. The van der Waals surface area contributed by atoms with Crippen LogP contribution in [0.1, 0.15) is 19.8 Å². The van der Waals surface area contributed by atoms with Gasteiger partial charge in [-0.1, -0.05) is 6.92 Å². The molecule has 1 aliphatic heterocycles. The molecule has 1 aliphatic rings. The number of hydrogen-bond donors (Lipinski definition) is 1. The standard InChI is InChI=1S/C14H19ClN2O3S/c1-11-3-2-8-17(10-11)21(19,20)13-6-4-12(5-7-13)16-14(18)9-15/h4-7,11H,2-3,8-10H2,1H3,(H,16,18)/t11-/m0/s1. The van der Waals surface area contributed by atoms with Crippen LogP contribution >= 0.6 is 11.6 Å². The first kappa shape index (κ1) is 16.3. The number of hydrogen-bond acceptors (Lipinski definition) is 3. The summed E-state index contributed by atoms with van der Waals surface area (Å²) in [5.74, 6) is -0.0703. The summed E-state index contributed by atoms with van der Waals surface area (Å²) in [6.45, 7) is 3.19. The van der Waals surface area contributed by atoms with E-state index in [1.807, 2.05) is 0 Å². The van der Waals surface area contributed by atoms with E-state index in [0.29, 0.717) is 24.7 Å². The first-order chi connectivity index (χ1) is 9.93. The van der Waals surface area contributed by atoms with Crippen LogP contribution in [0, 0.1) is 5.92 Å². The Morgan fingerprint density at radius 2 is 2.05 bits per heavy atom. The molecule has 1 fully saturated rings. The number of rotatable bonds is 4. The Bertz CT molecular complexity index is 601. The third-order valence-corrected chi connectivity index (χ3v) is 5.64. The number of nitrogens with one attached hydrogen (secondary N) is 1.